The molecule has 0 bridgehead atoms. The third kappa shape index (κ3) is 6.50. The zero-order chi connectivity index (χ0) is 38.0. The summed E-state index contributed by atoms with van der Waals surface area (Å²) in [4.78, 5) is 2.41. The first-order valence-corrected chi connectivity index (χ1v) is 19.4. The first-order valence-electron chi connectivity index (χ1n) is 19.4. The van der Waals surface area contributed by atoms with E-state index in [1.807, 2.05) is 6.07 Å². The summed E-state index contributed by atoms with van der Waals surface area (Å²) in [5, 5.41) is 4.55. The fourth-order valence-corrected chi connectivity index (χ4v) is 8.16. The molecule has 0 saturated carbocycles. The van der Waals surface area contributed by atoms with Crippen molar-refractivity contribution < 1.29 is 0 Å². The molecule has 0 heterocycles. The summed E-state index contributed by atoms with van der Waals surface area (Å²) in [5.41, 5.74) is 15.1. The van der Waals surface area contributed by atoms with E-state index in [9.17, 15) is 0 Å². The van der Waals surface area contributed by atoms with Crippen LogP contribution in [0.25, 0.3) is 77.2 Å². The van der Waals surface area contributed by atoms with E-state index >= 15 is 0 Å². The van der Waals surface area contributed by atoms with Crippen molar-refractivity contribution in [3.8, 4) is 55.6 Å². The van der Waals surface area contributed by atoms with Crippen LogP contribution >= 0.6 is 0 Å². The lowest BCUT2D eigenvalue weighted by molar-refractivity contribution is 1.30. The van der Waals surface area contributed by atoms with Crippen LogP contribution in [0, 0.1) is 12.1 Å². The topological polar surface area (TPSA) is 3.24 Å². The lowest BCUT2D eigenvalue weighted by atomic mass is 9.88. The van der Waals surface area contributed by atoms with Crippen LogP contribution in [0.5, 0.6) is 0 Å². The highest BCUT2D eigenvalue weighted by Crippen LogP contribution is 2.46. The van der Waals surface area contributed by atoms with E-state index in [1.165, 1.54) is 60.7 Å². The molecule has 10 aromatic carbocycles. The van der Waals surface area contributed by atoms with E-state index in [4.69, 9.17) is 0 Å². The van der Waals surface area contributed by atoms with Crippen LogP contribution < -0.4 is 4.90 Å². The van der Waals surface area contributed by atoms with Crippen LogP contribution in [-0.2, 0) is 0 Å². The molecule has 0 aromatic heterocycles. The monoisotopic (exact) mass is 723 g/mol. The summed E-state index contributed by atoms with van der Waals surface area (Å²) in [5.74, 6) is 0. The van der Waals surface area contributed by atoms with E-state index in [2.05, 4.69) is 235 Å². The standard InChI is InChI=1S/C56H37N/c1-4-16-40(17-5-1)42-28-30-45(31-29-42)55-39-48(36-37-53(55)51-25-13-12-23-49(51)44-20-8-3-9-21-44)57(47-34-32-43(33-35-47)41-18-6-2-7-19-41)56-38-46-22-10-11-24-50(46)52-26-14-15-27-54(52)56/h1-9,11-21,23-39H. The maximum Gasteiger partial charge on any atom is 0.0552 e. The predicted octanol–water partition coefficient (Wildman–Crippen LogP) is 15.4. The lowest BCUT2D eigenvalue weighted by Gasteiger charge is -2.29. The van der Waals surface area contributed by atoms with Crippen molar-refractivity contribution in [2.24, 2.45) is 0 Å². The zero-order valence-electron chi connectivity index (χ0n) is 31.3. The molecule has 266 valence electrons. The molecular formula is C56H37N. The summed E-state index contributed by atoms with van der Waals surface area (Å²) < 4.78 is 0. The molecule has 0 aliphatic rings. The number of hydrogen-bond acceptors (Lipinski definition) is 1. The van der Waals surface area contributed by atoms with Crippen molar-refractivity contribution in [2.75, 3.05) is 4.90 Å². The van der Waals surface area contributed by atoms with Crippen molar-refractivity contribution in [2.45, 2.75) is 0 Å². The van der Waals surface area contributed by atoms with Gasteiger partial charge in [-0.15, -0.1) is 0 Å². The second kappa shape index (κ2) is 14.9. The molecule has 0 N–H and O–H groups in total. The van der Waals surface area contributed by atoms with Crippen molar-refractivity contribution in [1.29, 1.82) is 0 Å². The van der Waals surface area contributed by atoms with Crippen LogP contribution in [0.15, 0.2) is 224 Å². The van der Waals surface area contributed by atoms with Crippen molar-refractivity contribution in [1.82, 2.24) is 0 Å². The van der Waals surface area contributed by atoms with Gasteiger partial charge in [-0.05, 0) is 109 Å². The van der Waals surface area contributed by atoms with Gasteiger partial charge in [-0.1, -0.05) is 194 Å². The number of benzene rings is 9. The molecule has 1 heteroatoms. The van der Waals surface area contributed by atoms with Gasteiger partial charge in [0.05, 0.1) is 5.69 Å². The van der Waals surface area contributed by atoms with Gasteiger partial charge >= 0.3 is 0 Å². The molecule has 57 heavy (non-hydrogen) atoms. The second-order valence-electron chi connectivity index (χ2n) is 14.3. The minimum Gasteiger partial charge on any atom is -0.310 e. The molecule has 0 unspecified atom stereocenters. The molecule has 0 aliphatic heterocycles. The van der Waals surface area contributed by atoms with Crippen LogP contribution in [-0.4, -0.2) is 0 Å². The van der Waals surface area contributed by atoms with E-state index in [1.54, 1.807) is 0 Å². The minimum atomic E-state index is 1.03. The van der Waals surface area contributed by atoms with Crippen LogP contribution in [0.1, 0.15) is 0 Å². The van der Waals surface area contributed by atoms with Gasteiger partial charge in [0.2, 0.25) is 0 Å². The Morgan fingerprint density at radius 2 is 0.772 bits per heavy atom. The van der Waals surface area contributed by atoms with Crippen molar-refractivity contribution >= 4 is 38.6 Å². The Balaban J connectivity index is 1.21. The molecule has 10 aromatic rings. The number of rotatable bonds is 8. The molecule has 10 rings (SSSR count). The fourth-order valence-electron chi connectivity index (χ4n) is 8.16. The molecule has 0 spiro atoms. The van der Waals surface area contributed by atoms with E-state index in [-0.39, 0.29) is 0 Å². The Kier molecular flexibility index (Phi) is 8.84. The average Bonchev–Trinajstić information content (AvgIpc) is 3.30. The smallest absolute Gasteiger partial charge is 0.0552 e. The van der Waals surface area contributed by atoms with Crippen molar-refractivity contribution in [3.05, 3.63) is 237 Å². The normalized spacial score (nSPS) is 11.0. The number of anilines is 3. The quantitative estimate of drug-likeness (QED) is 0.151. The van der Waals surface area contributed by atoms with Crippen LogP contribution in [0.3, 0.4) is 0 Å². The Bertz CT molecular complexity index is 2970. The first-order chi connectivity index (χ1) is 28.3. The zero-order valence-corrected chi connectivity index (χ0v) is 31.3. The Labute approximate surface area is 334 Å². The Hall–Kier alpha value is -7.66. The molecule has 0 fully saturated rings. The molecule has 0 atom stereocenters. The van der Waals surface area contributed by atoms with Gasteiger partial charge in [-0.3, -0.25) is 0 Å². The number of nitrogens with zero attached hydrogens (tertiary/aromatic N) is 1. The first kappa shape index (κ1) is 33.9. The Morgan fingerprint density at radius 3 is 1.44 bits per heavy atom. The highest BCUT2D eigenvalue weighted by atomic mass is 15.1. The van der Waals surface area contributed by atoms with Gasteiger partial charge in [-0.25, -0.2) is 0 Å². The number of fused-ring (bicyclic) bond motifs is 3. The van der Waals surface area contributed by atoms with Gasteiger partial charge in [0, 0.05) is 22.1 Å². The molecule has 0 amide bonds. The van der Waals surface area contributed by atoms with Gasteiger partial charge in [0.1, 0.15) is 0 Å². The van der Waals surface area contributed by atoms with Crippen LogP contribution in [0.4, 0.5) is 17.1 Å². The van der Waals surface area contributed by atoms with Gasteiger partial charge in [0.25, 0.3) is 0 Å². The van der Waals surface area contributed by atoms with Gasteiger partial charge in [0.15, 0.2) is 0 Å². The summed E-state index contributed by atoms with van der Waals surface area (Å²) >= 11 is 0. The maximum absolute atomic E-state index is 3.43. The van der Waals surface area contributed by atoms with Gasteiger partial charge in [-0.2, -0.15) is 0 Å². The summed E-state index contributed by atoms with van der Waals surface area (Å²) in [6.45, 7) is 0. The molecule has 0 radical (unpaired) electrons. The number of hydrogen-bond donors (Lipinski definition) is 0. The second-order valence-corrected chi connectivity index (χ2v) is 14.3. The van der Waals surface area contributed by atoms with E-state index in [0.29, 0.717) is 0 Å². The van der Waals surface area contributed by atoms with E-state index in [0.717, 1.165) is 33.6 Å². The van der Waals surface area contributed by atoms with Crippen molar-refractivity contribution in [3.63, 3.8) is 0 Å². The lowest BCUT2D eigenvalue weighted by Crippen LogP contribution is -2.11. The third-order valence-electron chi connectivity index (χ3n) is 10.9. The average molecular weight is 724 g/mol. The van der Waals surface area contributed by atoms with Crippen LogP contribution in [0.2, 0.25) is 0 Å². The Morgan fingerprint density at radius 1 is 0.298 bits per heavy atom. The summed E-state index contributed by atoms with van der Waals surface area (Å²) in [6.07, 6.45) is 0. The SMILES string of the molecule is c1ccc2c(c#1)cc(N(c1ccc(-c3ccccc3)cc1)c1ccc(-c3ccccc3-c3ccccc3)c(-c3ccc(-c4ccccc4)cc3)c1)c1ccccc12. The largest absolute Gasteiger partial charge is 0.310 e. The molecule has 0 aliphatic carbocycles. The summed E-state index contributed by atoms with van der Waals surface area (Å²) in [6, 6.07) is 87.3. The fraction of sp³-hybridized carbons (Fsp3) is 0. The highest BCUT2D eigenvalue weighted by Gasteiger charge is 2.21. The van der Waals surface area contributed by atoms with E-state index < -0.39 is 0 Å². The maximum atomic E-state index is 3.43. The summed E-state index contributed by atoms with van der Waals surface area (Å²) in [7, 11) is 0. The minimum absolute atomic E-state index is 1.03. The molecular weight excluding hydrogens is 687 g/mol. The highest BCUT2D eigenvalue weighted by molar-refractivity contribution is 6.14. The third-order valence-corrected chi connectivity index (χ3v) is 10.9. The molecule has 0 saturated heterocycles. The van der Waals surface area contributed by atoms with Gasteiger partial charge < -0.3 is 4.90 Å². The molecule has 1 nitrogen and oxygen atoms in total. The predicted molar refractivity (Wildman–Crippen MR) is 241 cm³/mol.